The Hall–Kier alpha value is -3.82. The molecule has 1 N–H and O–H groups in total. The fourth-order valence-corrected chi connectivity index (χ4v) is 2.91. The molecule has 4 aromatic rings. The molecule has 0 amide bonds. The molecule has 0 atom stereocenters. The van der Waals surface area contributed by atoms with Crippen LogP contribution in [0.2, 0.25) is 0 Å². The number of hydrogen-bond acceptors (Lipinski definition) is 6. The number of hydrogen-bond donors (Lipinski definition) is 1. The van der Waals surface area contributed by atoms with E-state index in [1.54, 1.807) is 42.1 Å². The van der Waals surface area contributed by atoms with Gasteiger partial charge in [-0.25, -0.2) is 15.0 Å². The number of rotatable bonds is 5. The van der Waals surface area contributed by atoms with Crippen molar-refractivity contribution < 1.29 is 22.6 Å². The summed E-state index contributed by atoms with van der Waals surface area (Å²) in [5.74, 6) is 1.69. The predicted octanol–water partition coefficient (Wildman–Crippen LogP) is 4.57. The minimum atomic E-state index is -4.45. The van der Waals surface area contributed by atoms with Crippen LogP contribution >= 0.6 is 0 Å². The molecule has 154 valence electrons. The van der Waals surface area contributed by atoms with Crippen molar-refractivity contribution >= 4 is 17.4 Å². The van der Waals surface area contributed by atoms with Gasteiger partial charge in [0.25, 0.3) is 0 Å². The van der Waals surface area contributed by atoms with Gasteiger partial charge < -0.3 is 14.8 Å². The molecule has 4 rings (SSSR count). The van der Waals surface area contributed by atoms with Crippen molar-refractivity contribution in [1.29, 1.82) is 0 Å². The Kier molecular flexibility index (Phi) is 4.90. The van der Waals surface area contributed by atoms with Crippen LogP contribution in [0.5, 0.6) is 11.5 Å². The van der Waals surface area contributed by atoms with Crippen LogP contribution in [0.15, 0.2) is 55.0 Å². The zero-order valence-electron chi connectivity index (χ0n) is 15.9. The number of halogens is 3. The standard InChI is InChI=1S/C20H16F3N5O2/c1-29-15-5-3-12(9-16(15)30-2)14-10-18-24-7-8-28(18)19(26-14)27-17-6-4-13(11-25-17)20(21,22)23/h3-11H,1-2H3,(H,25,26,27). The summed E-state index contributed by atoms with van der Waals surface area (Å²) in [5, 5.41) is 2.95. The van der Waals surface area contributed by atoms with E-state index in [1.807, 2.05) is 6.07 Å². The number of nitrogens with one attached hydrogen (secondary N) is 1. The lowest BCUT2D eigenvalue weighted by atomic mass is 10.1. The zero-order valence-corrected chi connectivity index (χ0v) is 15.9. The van der Waals surface area contributed by atoms with Gasteiger partial charge in [0.05, 0.1) is 25.5 Å². The SMILES string of the molecule is COc1ccc(-c2cc3nccn3c(Nc3ccc(C(F)(F)F)cn3)n2)cc1OC. The van der Waals surface area contributed by atoms with Crippen molar-refractivity contribution in [2.45, 2.75) is 6.18 Å². The molecular weight excluding hydrogens is 399 g/mol. The summed E-state index contributed by atoms with van der Waals surface area (Å²) in [7, 11) is 3.08. The van der Waals surface area contributed by atoms with Crippen LogP contribution in [0.1, 0.15) is 5.56 Å². The number of nitrogens with zero attached hydrogens (tertiary/aromatic N) is 4. The van der Waals surface area contributed by atoms with E-state index in [0.717, 1.165) is 17.8 Å². The maximum Gasteiger partial charge on any atom is 0.417 e. The molecule has 0 aliphatic carbocycles. The van der Waals surface area contributed by atoms with Crippen LogP contribution in [0.3, 0.4) is 0 Å². The number of ether oxygens (including phenoxy) is 2. The van der Waals surface area contributed by atoms with Crippen LogP contribution in [-0.2, 0) is 6.18 Å². The first kappa shape index (κ1) is 19.5. The Morgan fingerprint density at radius 3 is 2.43 bits per heavy atom. The van der Waals surface area contributed by atoms with Gasteiger partial charge in [-0.1, -0.05) is 0 Å². The van der Waals surface area contributed by atoms with E-state index in [4.69, 9.17) is 9.47 Å². The lowest BCUT2D eigenvalue weighted by molar-refractivity contribution is -0.137. The molecule has 0 saturated heterocycles. The molecule has 1 aromatic carbocycles. The van der Waals surface area contributed by atoms with Gasteiger partial charge in [0.2, 0.25) is 5.95 Å². The number of fused-ring (bicyclic) bond motifs is 1. The molecule has 0 bridgehead atoms. The number of pyridine rings is 1. The topological polar surface area (TPSA) is 73.6 Å². The minimum Gasteiger partial charge on any atom is -0.493 e. The van der Waals surface area contributed by atoms with Crippen LogP contribution in [-0.4, -0.2) is 33.6 Å². The quantitative estimate of drug-likeness (QED) is 0.515. The Labute approximate surface area is 169 Å². The molecule has 30 heavy (non-hydrogen) atoms. The Balaban J connectivity index is 1.73. The number of aromatic nitrogens is 4. The Morgan fingerprint density at radius 1 is 0.967 bits per heavy atom. The van der Waals surface area contributed by atoms with Crippen molar-refractivity contribution in [2.75, 3.05) is 19.5 Å². The van der Waals surface area contributed by atoms with E-state index in [-0.39, 0.29) is 5.82 Å². The molecule has 0 fully saturated rings. The van der Waals surface area contributed by atoms with Gasteiger partial charge in [-0.15, -0.1) is 0 Å². The molecule has 3 heterocycles. The maximum absolute atomic E-state index is 12.8. The third-order valence-electron chi connectivity index (χ3n) is 4.40. The fraction of sp³-hybridized carbons (Fsp3) is 0.150. The summed E-state index contributed by atoms with van der Waals surface area (Å²) < 4.78 is 50.6. The van der Waals surface area contributed by atoms with Gasteiger partial charge in [-0.05, 0) is 30.3 Å². The van der Waals surface area contributed by atoms with Crippen LogP contribution in [0.25, 0.3) is 16.9 Å². The smallest absolute Gasteiger partial charge is 0.417 e. The van der Waals surface area contributed by atoms with Crippen molar-refractivity contribution in [3.63, 3.8) is 0 Å². The molecule has 0 spiro atoms. The molecule has 3 aromatic heterocycles. The summed E-state index contributed by atoms with van der Waals surface area (Å²) >= 11 is 0. The first-order valence-corrected chi connectivity index (χ1v) is 8.76. The number of alkyl halides is 3. The first-order valence-electron chi connectivity index (χ1n) is 8.76. The maximum atomic E-state index is 12.8. The highest BCUT2D eigenvalue weighted by molar-refractivity contribution is 5.69. The molecule has 0 radical (unpaired) electrons. The highest BCUT2D eigenvalue weighted by Crippen LogP contribution is 2.33. The Bertz CT molecular complexity index is 1190. The van der Waals surface area contributed by atoms with Crippen LogP contribution in [0.4, 0.5) is 24.9 Å². The van der Waals surface area contributed by atoms with Crippen molar-refractivity contribution in [3.05, 3.63) is 60.6 Å². The predicted molar refractivity (Wildman–Crippen MR) is 104 cm³/mol. The van der Waals surface area contributed by atoms with E-state index < -0.39 is 11.7 Å². The lowest BCUT2D eigenvalue weighted by Crippen LogP contribution is -2.07. The highest BCUT2D eigenvalue weighted by Gasteiger charge is 2.30. The minimum absolute atomic E-state index is 0.218. The molecule has 10 heteroatoms. The largest absolute Gasteiger partial charge is 0.493 e. The van der Waals surface area contributed by atoms with Gasteiger partial charge >= 0.3 is 6.18 Å². The number of imidazole rings is 1. The summed E-state index contributed by atoms with van der Waals surface area (Å²) in [5.41, 5.74) is 1.11. The Morgan fingerprint density at radius 2 is 1.77 bits per heavy atom. The fourth-order valence-electron chi connectivity index (χ4n) is 2.91. The normalized spacial score (nSPS) is 11.5. The van der Waals surface area contributed by atoms with Crippen molar-refractivity contribution in [3.8, 4) is 22.8 Å². The average molecular weight is 415 g/mol. The van der Waals surface area contributed by atoms with Gasteiger partial charge in [0, 0.05) is 30.2 Å². The average Bonchev–Trinajstić information content (AvgIpc) is 3.22. The summed E-state index contributed by atoms with van der Waals surface area (Å²) in [6, 6.07) is 9.35. The molecule has 7 nitrogen and oxygen atoms in total. The van der Waals surface area contributed by atoms with Crippen molar-refractivity contribution in [1.82, 2.24) is 19.4 Å². The number of anilines is 2. The summed E-state index contributed by atoms with van der Waals surface area (Å²) in [4.78, 5) is 12.7. The molecule has 0 unspecified atom stereocenters. The molecule has 0 saturated carbocycles. The van der Waals surface area contributed by atoms with E-state index in [0.29, 0.717) is 28.8 Å². The van der Waals surface area contributed by atoms with Crippen molar-refractivity contribution in [2.24, 2.45) is 0 Å². The molecule has 0 aliphatic rings. The van der Waals surface area contributed by atoms with Gasteiger partial charge in [-0.2, -0.15) is 13.2 Å². The first-order chi connectivity index (χ1) is 14.4. The van der Waals surface area contributed by atoms with Crippen LogP contribution < -0.4 is 14.8 Å². The molecular formula is C20H16F3N5O2. The third kappa shape index (κ3) is 3.71. The summed E-state index contributed by atoms with van der Waals surface area (Å²) in [6.07, 6.45) is -0.395. The number of methoxy groups -OCH3 is 2. The van der Waals surface area contributed by atoms with Gasteiger partial charge in [0.15, 0.2) is 11.5 Å². The molecule has 0 aliphatic heterocycles. The third-order valence-corrected chi connectivity index (χ3v) is 4.40. The van der Waals surface area contributed by atoms with Gasteiger partial charge in [-0.3, -0.25) is 4.40 Å². The van der Waals surface area contributed by atoms with Gasteiger partial charge in [0.1, 0.15) is 11.5 Å². The second-order valence-electron chi connectivity index (χ2n) is 6.25. The van der Waals surface area contributed by atoms with E-state index in [1.165, 1.54) is 13.2 Å². The van der Waals surface area contributed by atoms with E-state index in [9.17, 15) is 13.2 Å². The lowest BCUT2D eigenvalue weighted by Gasteiger charge is -2.12. The second kappa shape index (κ2) is 7.54. The highest BCUT2D eigenvalue weighted by atomic mass is 19.4. The number of benzene rings is 1. The summed E-state index contributed by atoms with van der Waals surface area (Å²) in [6.45, 7) is 0. The monoisotopic (exact) mass is 415 g/mol. The van der Waals surface area contributed by atoms with E-state index >= 15 is 0 Å². The second-order valence-corrected chi connectivity index (χ2v) is 6.25. The van der Waals surface area contributed by atoms with Crippen LogP contribution in [0, 0.1) is 0 Å². The zero-order chi connectivity index (χ0) is 21.3. The van der Waals surface area contributed by atoms with E-state index in [2.05, 4.69) is 20.3 Å².